The van der Waals surface area contributed by atoms with Crippen LogP contribution in [0.15, 0.2) is 30.3 Å². The number of likely N-dealkylation sites (N-methyl/N-ethyl adjacent to an activating group) is 1. The van der Waals surface area contributed by atoms with Gasteiger partial charge < -0.3 is 21.1 Å². The molecule has 102 valence electrons. The maximum Gasteiger partial charge on any atom is 0.323 e. The molecule has 1 atom stereocenters. The fourth-order valence-corrected chi connectivity index (χ4v) is 1.58. The predicted octanol–water partition coefficient (Wildman–Crippen LogP) is -0.0610. The number of hydrogen-bond acceptors (Lipinski definition) is 3. The van der Waals surface area contributed by atoms with Crippen LogP contribution >= 0.6 is 0 Å². The molecule has 0 saturated carbocycles. The number of hydrogen-bond donors (Lipinski definition) is 3. The van der Waals surface area contributed by atoms with Gasteiger partial charge in [0.1, 0.15) is 12.6 Å². The number of carboxylic acids is 1. The second-order valence-electron chi connectivity index (χ2n) is 3.94. The molecule has 0 radical (unpaired) electrons. The summed E-state index contributed by atoms with van der Waals surface area (Å²) in [5, 5.41) is 11.0. The van der Waals surface area contributed by atoms with Crippen LogP contribution in [0, 0.1) is 0 Å². The minimum Gasteiger partial charge on any atom is -0.480 e. The number of carboxylic acid groups (broad SMARTS) is 1. The zero-order valence-corrected chi connectivity index (χ0v) is 10.4. The van der Waals surface area contributed by atoms with Crippen LogP contribution in [0.5, 0.6) is 0 Å². The number of aliphatic carboxylic acids is 1. The molecule has 0 saturated heterocycles. The fourth-order valence-electron chi connectivity index (χ4n) is 1.58. The summed E-state index contributed by atoms with van der Waals surface area (Å²) in [6, 6.07) is 6.61. The van der Waals surface area contributed by atoms with E-state index >= 15 is 0 Å². The quantitative estimate of drug-likeness (QED) is 0.692. The molecule has 7 nitrogen and oxygen atoms in total. The maximum absolute atomic E-state index is 12.1. The first-order chi connectivity index (χ1) is 8.91. The lowest BCUT2D eigenvalue weighted by atomic mass is 10.1. The number of rotatable bonds is 5. The van der Waals surface area contributed by atoms with Gasteiger partial charge in [-0.2, -0.15) is 0 Å². The summed E-state index contributed by atoms with van der Waals surface area (Å²) in [4.78, 5) is 34.7. The number of primary amides is 1. The number of carbonyl (C=O) groups is 3. The largest absolute Gasteiger partial charge is 0.480 e. The van der Waals surface area contributed by atoms with E-state index < -0.39 is 30.5 Å². The van der Waals surface area contributed by atoms with Crippen LogP contribution in [-0.2, 0) is 9.59 Å². The number of nitrogens with zero attached hydrogens (tertiary/aromatic N) is 1. The zero-order valence-electron chi connectivity index (χ0n) is 10.4. The third kappa shape index (κ3) is 4.30. The van der Waals surface area contributed by atoms with Crippen molar-refractivity contribution in [3.63, 3.8) is 0 Å². The van der Waals surface area contributed by atoms with Gasteiger partial charge in [0.25, 0.3) is 0 Å². The van der Waals surface area contributed by atoms with Crippen LogP contribution in [0.4, 0.5) is 4.79 Å². The molecular formula is C12H15N3O4. The highest BCUT2D eigenvalue weighted by atomic mass is 16.4. The molecule has 1 unspecified atom stereocenters. The van der Waals surface area contributed by atoms with Crippen molar-refractivity contribution in [3.8, 4) is 0 Å². The molecule has 7 heteroatoms. The molecule has 0 spiro atoms. The fraction of sp³-hybridized carbons (Fsp3) is 0.250. The SMILES string of the molecule is CN(CC(=O)O)C(=O)C(NC(N)=O)c1ccccc1. The van der Waals surface area contributed by atoms with Gasteiger partial charge in [-0.25, -0.2) is 4.79 Å². The molecule has 0 aliphatic rings. The van der Waals surface area contributed by atoms with Crippen LogP contribution in [0.3, 0.4) is 0 Å². The summed E-state index contributed by atoms with van der Waals surface area (Å²) >= 11 is 0. The van der Waals surface area contributed by atoms with Crippen molar-refractivity contribution >= 4 is 17.9 Å². The highest BCUT2D eigenvalue weighted by Gasteiger charge is 2.25. The van der Waals surface area contributed by atoms with E-state index in [1.165, 1.54) is 7.05 Å². The summed E-state index contributed by atoms with van der Waals surface area (Å²) in [7, 11) is 1.34. The Morgan fingerprint density at radius 1 is 1.32 bits per heavy atom. The van der Waals surface area contributed by atoms with Crippen LogP contribution in [0.2, 0.25) is 0 Å². The standard InChI is InChI=1S/C12H15N3O4/c1-15(7-9(16)17)11(18)10(14-12(13)19)8-5-3-2-4-6-8/h2-6,10H,7H2,1H3,(H,16,17)(H3,13,14,19). The Morgan fingerprint density at radius 2 is 1.89 bits per heavy atom. The number of carbonyl (C=O) groups excluding carboxylic acids is 2. The molecule has 0 aliphatic heterocycles. The molecule has 3 amide bonds. The Morgan fingerprint density at radius 3 is 2.37 bits per heavy atom. The van der Waals surface area contributed by atoms with E-state index in [-0.39, 0.29) is 0 Å². The van der Waals surface area contributed by atoms with E-state index in [9.17, 15) is 14.4 Å². The molecular weight excluding hydrogens is 250 g/mol. The van der Waals surface area contributed by atoms with Gasteiger partial charge in [-0.1, -0.05) is 30.3 Å². The Bertz CT molecular complexity index is 475. The molecule has 1 rings (SSSR count). The Kier molecular flexibility index (Phi) is 4.87. The summed E-state index contributed by atoms with van der Waals surface area (Å²) in [6.45, 7) is -0.456. The second kappa shape index (κ2) is 6.39. The van der Waals surface area contributed by atoms with E-state index in [1.54, 1.807) is 30.3 Å². The summed E-state index contributed by atoms with van der Waals surface area (Å²) in [5.41, 5.74) is 5.56. The second-order valence-corrected chi connectivity index (χ2v) is 3.94. The van der Waals surface area contributed by atoms with Crippen molar-refractivity contribution in [2.75, 3.05) is 13.6 Å². The molecule has 1 aromatic rings. The minimum atomic E-state index is -1.14. The topological polar surface area (TPSA) is 113 Å². The van der Waals surface area contributed by atoms with Crippen molar-refractivity contribution in [1.82, 2.24) is 10.2 Å². The van der Waals surface area contributed by atoms with Gasteiger partial charge in [-0.3, -0.25) is 9.59 Å². The normalized spacial score (nSPS) is 11.4. The number of amides is 3. The molecule has 0 bridgehead atoms. The van der Waals surface area contributed by atoms with Crippen molar-refractivity contribution in [2.24, 2.45) is 5.73 Å². The third-order valence-corrected chi connectivity index (χ3v) is 2.42. The van der Waals surface area contributed by atoms with Gasteiger partial charge >= 0.3 is 12.0 Å². The van der Waals surface area contributed by atoms with E-state index in [1.807, 2.05) is 0 Å². The first-order valence-corrected chi connectivity index (χ1v) is 5.49. The van der Waals surface area contributed by atoms with Gasteiger partial charge in [0.15, 0.2) is 0 Å². The Balaban J connectivity index is 2.94. The summed E-state index contributed by atoms with van der Waals surface area (Å²) in [5.74, 6) is -1.69. The molecule has 0 aliphatic carbocycles. The lowest BCUT2D eigenvalue weighted by Crippen LogP contribution is -2.44. The first-order valence-electron chi connectivity index (χ1n) is 5.49. The van der Waals surface area contributed by atoms with E-state index in [0.717, 1.165) is 4.90 Å². The van der Waals surface area contributed by atoms with E-state index in [4.69, 9.17) is 10.8 Å². The van der Waals surface area contributed by atoms with Crippen LogP contribution in [0.1, 0.15) is 11.6 Å². The molecule has 19 heavy (non-hydrogen) atoms. The molecule has 0 aromatic heterocycles. The van der Waals surface area contributed by atoms with Crippen LogP contribution < -0.4 is 11.1 Å². The Hall–Kier alpha value is -2.57. The van der Waals surface area contributed by atoms with Crippen molar-refractivity contribution in [1.29, 1.82) is 0 Å². The number of nitrogens with one attached hydrogen (secondary N) is 1. The monoisotopic (exact) mass is 265 g/mol. The van der Waals surface area contributed by atoms with E-state index in [2.05, 4.69) is 5.32 Å². The molecule has 0 fully saturated rings. The Labute approximate surface area is 110 Å². The zero-order chi connectivity index (χ0) is 14.4. The number of nitrogens with two attached hydrogens (primary N) is 1. The lowest BCUT2D eigenvalue weighted by Gasteiger charge is -2.23. The number of benzene rings is 1. The van der Waals surface area contributed by atoms with Gasteiger partial charge in [-0.05, 0) is 5.56 Å². The van der Waals surface area contributed by atoms with Crippen LogP contribution in [-0.4, -0.2) is 41.5 Å². The molecule has 1 aromatic carbocycles. The highest BCUT2D eigenvalue weighted by Crippen LogP contribution is 2.14. The van der Waals surface area contributed by atoms with Gasteiger partial charge in [0.05, 0.1) is 0 Å². The summed E-state index contributed by atoms with van der Waals surface area (Å²) < 4.78 is 0. The summed E-state index contributed by atoms with van der Waals surface area (Å²) in [6.07, 6.45) is 0. The minimum absolute atomic E-state index is 0.456. The smallest absolute Gasteiger partial charge is 0.323 e. The van der Waals surface area contributed by atoms with Crippen molar-refractivity contribution < 1.29 is 19.5 Å². The first kappa shape index (κ1) is 14.5. The van der Waals surface area contributed by atoms with Crippen LogP contribution in [0.25, 0.3) is 0 Å². The average molecular weight is 265 g/mol. The van der Waals surface area contributed by atoms with Gasteiger partial charge in [0, 0.05) is 7.05 Å². The highest BCUT2D eigenvalue weighted by molar-refractivity contribution is 5.89. The maximum atomic E-state index is 12.1. The predicted molar refractivity (Wildman–Crippen MR) is 67.2 cm³/mol. The third-order valence-electron chi connectivity index (χ3n) is 2.42. The van der Waals surface area contributed by atoms with Gasteiger partial charge in [-0.15, -0.1) is 0 Å². The number of urea groups is 1. The molecule has 0 heterocycles. The average Bonchev–Trinajstić information content (AvgIpc) is 2.35. The van der Waals surface area contributed by atoms with Crippen molar-refractivity contribution in [3.05, 3.63) is 35.9 Å². The molecule has 4 N–H and O–H groups in total. The van der Waals surface area contributed by atoms with Crippen molar-refractivity contribution in [2.45, 2.75) is 6.04 Å². The van der Waals surface area contributed by atoms with E-state index in [0.29, 0.717) is 5.56 Å². The lowest BCUT2D eigenvalue weighted by molar-refractivity contribution is -0.144. The van der Waals surface area contributed by atoms with Gasteiger partial charge in [0.2, 0.25) is 5.91 Å².